The summed E-state index contributed by atoms with van der Waals surface area (Å²) in [5.41, 5.74) is 1.95. The number of hydrogen-bond acceptors (Lipinski definition) is 7. The molecule has 0 aliphatic carbocycles. The fourth-order valence-corrected chi connectivity index (χ4v) is 6.33. The summed E-state index contributed by atoms with van der Waals surface area (Å²) in [4.78, 5) is 44.1. The molecule has 282 valence electrons. The van der Waals surface area contributed by atoms with Crippen molar-refractivity contribution in [3.8, 4) is 11.5 Å². The number of carbonyl (C=O) groups excluding carboxylic acids is 3. The molecule has 12 heteroatoms. The van der Waals surface area contributed by atoms with Crippen molar-refractivity contribution >= 4 is 45.8 Å². The van der Waals surface area contributed by atoms with Crippen LogP contribution in [0.15, 0.2) is 84.9 Å². The zero-order valence-electron chi connectivity index (χ0n) is 31.1. The first kappa shape index (κ1) is 38.9. The number of amides is 5. The molecule has 4 N–H and O–H groups in total. The number of nitrogens with one attached hydrogen (secondary N) is 3. The van der Waals surface area contributed by atoms with Crippen LogP contribution in [0.3, 0.4) is 0 Å². The lowest BCUT2D eigenvalue weighted by Crippen LogP contribution is -2.48. The van der Waals surface area contributed by atoms with Crippen LogP contribution in [0.2, 0.25) is 0 Å². The lowest BCUT2D eigenvalue weighted by atomic mass is 10.0. The van der Waals surface area contributed by atoms with Crippen LogP contribution in [0.4, 0.5) is 26.7 Å². The number of fused-ring (bicyclic) bond motifs is 2. The van der Waals surface area contributed by atoms with Crippen molar-refractivity contribution in [2.75, 3.05) is 56.4 Å². The normalized spacial score (nSPS) is 18.9. The fraction of sp³-hybridized carbons (Fsp3) is 0.390. The molecule has 5 rings (SSSR count). The minimum Gasteiger partial charge on any atom is -0.497 e. The molecular formula is C41H51N5O7. The van der Waals surface area contributed by atoms with Gasteiger partial charge in [-0.2, -0.15) is 0 Å². The third-order valence-corrected chi connectivity index (χ3v) is 9.49. The summed E-state index contributed by atoms with van der Waals surface area (Å²) in [5.74, 6) is 0.487. The van der Waals surface area contributed by atoms with E-state index in [1.54, 1.807) is 73.3 Å². The van der Waals surface area contributed by atoms with Crippen molar-refractivity contribution in [1.29, 1.82) is 0 Å². The third-order valence-electron chi connectivity index (χ3n) is 9.49. The Kier molecular flexibility index (Phi) is 13.5. The van der Waals surface area contributed by atoms with Gasteiger partial charge in [-0.05, 0) is 87.0 Å². The van der Waals surface area contributed by atoms with Crippen molar-refractivity contribution in [3.05, 3.63) is 90.5 Å². The van der Waals surface area contributed by atoms with Gasteiger partial charge in [0.1, 0.15) is 11.5 Å². The molecule has 4 aromatic rings. The highest BCUT2D eigenvalue weighted by molar-refractivity contribution is 6.07. The molecule has 0 bridgehead atoms. The van der Waals surface area contributed by atoms with E-state index in [4.69, 9.17) is 14.2 Å². The number of benzene rings is 4. The van der Waals surface area contributed by atoms with E-state index in [1.807, 2.05) is 56.3 Å². The van der Waals surface area contributed by atoms with Gasteiger partial charge in [0.05, 0.1) is 43.2 Å². The summed E-state index contributed by atoms with van der Waals surface area (Å²) < 4.78 is 18.0. The van der Waals surface area contributed by atoms with Crippen LogP contribution in [0.1, 0.15) is 50.4 Å². The quantitative estimate of drug-likeness (QED) is 0.148. The molecule has 1 aliphatic rings. The molecule has 12 nitrogen and oxygen atoms in total. The largest absolute Gasteiger partial charge is 0.497 e. The summed E-state index contributed by atoms with van der Waals surface area (Å²) >= 11 is 0. The Hall–Kier alpha value is -5.33. The second kappa shape index (κ2) is 18.4. The molecule has 5 amide bonds. The Morgan fingerprint density at radius 1 is 0.962 bits per heavy atom. The molecule has 0 aromatic heterocycles. The molecule has 4 atom stereocenters. The maximum atomic E-state index is 14.5. The highest BCUT2D eigenvalue weighted by atomic mass is 16.5. The number of aliphatic hydroxyl groups excluding tert-OH is 1. The van der Waals surface area contributed by atoms with E-state index in [0.29, 0.717) is 35.2 Å². The van der Waals surface area contributed by atoms with E-state index in [9.17, 15) is 19.5 Å². The monoisotopic (exact) mass is 725 g/mol. The molecule has 0 radical (unpaired) electrons. The molecule has 1 heterocycles. The number of hydrogen-bond donors (Lipinski definition) is 4. The number of urea groups is 2. The standard InChI is InChI=1S/C41H51N5O7/c1-27-24-46(28(2)26-47)39(48)35-23-32(42-40(49)44-36-15-10-13-30-12-6-7-14-34(30)36)18-21-37(35)53-29(3)11-8-9-22-52-38(27)25-45(4)41(50)43-31-16-19-33(51-5)20-17-31/h6-7,10,12-21,23,27-29,38,47H,8-9,11,22,24-26H2,1-5H3,(H,43,50)(H2,42,44,49)/t27-,28-,29+,38-/m0/s1. The van der Waals surface area contributed by atoms with Crippen LogP contribution in [-0.2, 0) is 4.74 Å². The predicted octanol–water partition coefficient (Wildman–Crippen LogP) is 7.45. The van der Waals surface area contributed by atoms with Crippen LogP contribution < -0.4 is 25.4 Å². The van der Waals surface area contributed by atoms with Crippen molar-refractivity contribution < 1.29 is 33.7 Å². The van der Waals surface area contributed by atoms with Gasteiger partial charge in [-0.15, -0.1) is 0 Å². The van der Waals surface area contributed by atoms with Crippen LogP contribution >= 0.6 is 0 Å². The summed E-state index contributed by atoms with van der Waals surface area (Å²) in [7, 11) is 3.29. The second-order valence-electron chi connectivity index (χ2n) is 13.7. The first-order chi connectivity index (χ1) is 25.6. The van der Waals surface area contributed by atoms with Gasteiger partial charge in [-0.1, -0.05) is 43.3 Å². The Morgan fingerprint density at radius 2 is 1.70 bits per heavy atom. The Bertz CT molecular complexity index is 1850. The average Bonchev–Trinajstić information content (AvgIpc) is 3.16. The number of rotatable bonds is 8. The number of methoxy groups -OCH3 is 1. The Labute approximate surface area is 311 Å². The first-order valence-electron chi connectivity index (χ1n) is 18.1. The van der Waals surface area contributed by atoms with E-state index in [0.717, 1.165) is 30.0 Å². The van der Waals surface area contributed by atoms with Crippen LogP contribution in [-0.4, -0.2) is 91.6 Å². The number of carbonyl (C=O) groups is 3. The van der Waals surface area contributed by atoms with Crippen LogP contribution in [0, 0.1) is 5.92 Å². The van der Waals surface area contributed by atoms with Crippen molar-refractivity contribution in [2.45, 2.75) is 58.3 Å². The number of aliphatic hydroxyl groups is 1. The lowest BCUT2D eigenvalue weighted by Gasteiger charge is -2.35. The molecule has 0 fully saturated rings. The van der Waals surface area contributed by atoms with Gasteiger partial charge in [-0.25, -0.2) is 9.59 Å². The molecule has 4 aromatic carbocycles. The van der Waals surface area contributed by atoms with Crippen molar-refractivity contribution in [1.82, 2.24) is 9.80 Å². The molecule has 0 spiro atoms. The highest BCUT2D eigenvalue weighted by Gasteiger charge is 2.31. The van der Waals surface area contributed by atoms with E-state index >= 15 is 0 Å². The average molecular weight is 726 g/mol. The minimum absolute atomic E-state index is 0.204. The number of anilines is 3. The molecule has 0 saturated carbocycles. The van der Waals surface area contributed by atoms with Gasteiger partial charge in [0.2, 0.25) is 0 Å². The van der Waals surface area contributed by atoms with Gasteiger partial charge in [0.25, 0.3) is 5.91 Å². The summed E-state index contributed by atoms with van der Waals surface area (Å²) in [6.07, 6.45) is 1.73. The first-order valence-corrected chi connectivity index (χ1v) is 18.1. The van der Waals surface area contributed by atoms with E-state index < -0.39 is 18.2 Å². The Balaban J connectivity index is 1.36. The zero-order chi connectivity index (χ0) is 37.9. The Morgan fingerprint density at radius 3 is 2.45 bits per heavy atom. The van der Waals surface area contributed by atoms with Gasteiger partial charge in [0, 0.05) is 49.4 Å². The van der Waals surface area contributed by atoms with Crippen molar-refractivity contribution in [3.63, 3.8) is 0 Å². The fourth-order valence-electron chi connectivity index (χ4n) is 6.33. The van der Waals surface area contributed by atoms with E-state index in [1.165, 1.54) is 0 Å². The predicted molar refractivity (Wildman–Crippen MR) is 208 cm³/mol. The second-order valence-corrected chi connectivity index (χ2v) is 13.7. The summed E-state index contributed by atoms with van der Waals surface area (Å²) in [6.45, 7) is 6.42. The summed E-state index contributed by atoms with van der Waals surface area (Å²) in [6, 6.07) is 24.3. The van der Waals surface area contributed by atoms with Gasteiger partial charge in [-0.3, -0.25) is 4.79 Å². The minimum atomic E-state index is -0.550. The topological polar surface area (TPSA) is 142 Å². The van der Waals surface area contributed by atoms with Gasteiger partial charge >= 0.3 is 12.1 Å². The number of nitrogens with zero attached hydrogens (tertiary/aromatic N) is 2. The number of ether oxygens (including phenoxy) is 3. The van der Waals surface area contributed by atoms with Crippen molar-refractivity contribution in [2.24, 2.45) is 5.92 Å². The number of likely N-dealkylation sites (N-methyl/N-ethyl adjacent to an activating group) is 1. The molecular weight excluding hydrogens is 674 g/mol. The van der Waals surface area contributed by atoms with E-state index in [2.05, 4.69) is 16.0 Å². The highest BCUT2D eigenvalue weighted by Crippen LogP contribution is 2.29. The molecule has 0 saturated heterocycles. The molecule has 0 unspecified atom stereocenters. The van der Waals surface area contributed by atoms with Gasteiger partial charge in [0.15, 0.2) is 0 Å². The van der Waals surface area contributed by atoms with E-state index in [-0.39, 0.29) is 49.2 Å². The maximum Gasteiger partial charge on any atom is 0.323 e. The van der Waals surface area contributed by atoms with Crippen LogP contribution in [0.5, 0.6) is 11.5 Å². The summed E-state index contributed by atoms with van der Waals surface area (Å²) in [5, 5.41) is 20.9. The van der Waals surface area contributed by atoms with Gasteiger partial charge < -0.3 is 45.1 Å². The molecule has 53 heavy (non-hydrogen) atoms. The lowest BCUT2D eigenvalue weighted by molar-refractivity contribution is -0.0115. The third kappa shape index (κ3) is 10.4. The smallest absolute Gasteiger partial charge is 0.323 e. The molecule has 1 aliphatic heterocycles. The maximum absolute atomic E-state index is 14.5. The zero-order valence-corrected chi connectivity index (χ0v) is 31.1. The van der Waals surface area contributed by atoms with Crippen LogP contribution in [0.25, 0.3) is 10.8 Å². The SMILES string of the molecule is COc1ccc(NC(=O)N(C)C[C@@H]2OCCCC[C@@H](C)Oc3ccc(NC(=O)Nc4cccc5ccccc45)cc3C(=O)N([C@@H](C)CO)C[C@@H]2C)cc1.